The van der Waals surface area contributed by atoms with Crippen LogP contribution in [-0.4, -0.2) is 132 Å². The van der Waals surface area contributed by atoms with Gasteiger partial charge in [0.15, 0.2) is 12.4 Å². The molecule has 0 aromatic heterocycles. The fourth-order valence-corrected chi connectivity index (χ4v) is 6.64. The summed E-state index contributed by atoms with van der Waals surface area (Å²) in [4.78, 5) is 94.6. The zero-order valence-corrected chi connectivity index (χ0v) is 33.3. The number of primary amides is 1. The minimum absolute atomic E-state index is 0.0257. The molecule has 2 aromatic rings. The molecule has 0 saturated carbocycles. The Morgan fingerprint density at radius 2 is 1.61 bits per heavy atom. The van der Waals surface area contributed by atoms with Gasteiger partial charge in [-0.25, -0.2) is 4.79 Å². The number of aliphatic hydroxyl groups is 1. The molecule has 22 heteroatoms. The molecule has 1 heterocycles. The number of phenolic OH excluding ortho intramolecular Hbond substituents is 1. The molecule has 59 heavy (non-hydrogen) atoms. The molecular weight excluding hydrogens is 791 g/mol. The molecule has 2 aromatic carbocycles. The van der Waals surface area contributed by atoms with Crippen molar-refractivity contribution in [1.29, 1.82) is 0 Å². The van der Waals surface area contributed by atoms with Crippen molar-refractivity contribution in [2.75, 3.05) is 45.0 Å². The predicted octanol–water partition coefficient (Wildman–Crippen LogP) is -0.269. The Balaban J connectivity index is 1.64. The number of ether oxygens (including phenoxy) is 1. The number of unbranched alkanes of at least 4 members (excludes halogenated alkanes) is 1. The third kappa shape index (κ3) is 16.7. The van der Waals surface area contributed by atoms with Crippen LogP contribution in [0.2, 0.25) is 0 Å². The van der Waals surface area contributed by atoms with Crippen LogP contribution in [-0.2, 0) is 35.1 Å². The molecule has 0 spiro atoms. The number of phenols is 1. The van der Waals surface area contributed by atoms with Crippen LogP contribution in [0.15, 0.2) is 59.8 Å². The summed E-state index contributed by atoms with van der Waals surface area (Å²) in [6.07, 6.45) is 1.48. The number of amides is 6. The number of azide groups is 1. The van der Waals surface area contributed by atoms with Crippen molar-refractivity contribution in [1.82, 2.24) is 36.9 Å². The van der Waals surface area contributed by atoms with Crippen LogP contribution in [0.3, 0.4) is 0 Å². The van der Waals surface area contributed by atoms with Gasteiger partial charge in [-0.2, -0.15) is 4.91 Å². The van der Waals surface area contributed by atoms with Crippen LogP contribution in [0, 0.1) is 0 Å². The second kappa shape index (κ2) is 25.3. The number of benzene rings is 2. The van der Waals surface area contributed by atoms with E-state index in [4.69, 9.17) is 16.0 Å². The highest BCUT2D eigenvalue weighted by molar-refractivity contribution is 7.99. The quantitative estimate of drug-likeness (QED) is 0.0118. The molecule has 1 aliphatic rings. The molecule has 21 nitrogen and oxygen atoms in total. The fraction of sp³-hybridized carbons (Fsp3) is 0.486. The summed E-state index contributed by atoms with van der Waals surface area (Å²) < 4.78 is 5.06. The van der Waals surface area contributed by atoms with E-state index in [0.717, 1.165) is 23.1 Å². The second-order valence-corrected chi connectivity index (χ2v) is 14.5. The number of aliphatic hydroxyl groups excluding tert-OH is 1. The molecule has 5 atom stereocenters. The second-order valence-electron chi connectivity index (χ2n) is 13.5. The number of nitrogens with zero attached hydrogens (tertiary/aromatic N) is 4. The van der Waals surface area contributed by atoms with Gasteiger partial charge in [0, 0.05) is 24.8 Å². The highest BCUT2D eigenvalue weighted by atomic mass is 32.2. The molecule has 0 radical (unpaired) electrons. The van der Waals surface area contributed by atoms with Gasteiger partial charge in [0.05, 0.1) is 25.1 Å². The molecular formula is C37H51N11O10S. The summed E-state index contributed by atoms with van der Waals surface area (Å²) in [5, 5.41) is 36.4. The number of Topliss-reactive ketones (excluding diaryl/α,β-unsaturated/α-hetero) is 1. The number of carbonyl (C=O) groups is 7. The van der Waals surface area contributed by atoms with E-state index >= 15 is 0 Å². The van der Waals surface area contributed by atoms with Crippen LogP contribution in [0.25, 0.3) is 10.4 Å². The molecule has 320 valence electrons. The van der Waals surface area contributed by atoms with Crippen LogP contribution in [0.1, 0.15) is 48.0 Å². The van der Waals surface area contributed by atoms with Crippen LogP contribution < -0.4 is 37.7 Å². The minimum atomic E-state index is -1.61. The summed E-state index contributed by atoms with van der Waals surface area (Å²) in [5.41, 5.74) is 17.4. The summed E-state index contributed by atoms with van der Waals surface area (Å²) >= 11 is 1.02. The van der Waals surface area contributed by atoms with Crippen molar-refractivity contribution in [3.05, 3.63) is 76.2 Å². The zero-order chi connectivity index (χ0) is 43.2. The zero-order valence-electron chi connectivity index (χ0n) is 32.5. The normalized spacial score (nSPS) is 15.2. The molecule has 1 fully saturated rings. The van der Waals surface area contributed by atoms with Gasteiger partial charge < -0.3 is 52.2 Å². The van der Waals surface area contributed by atoms with Crippen molar-refractivity contribution in [2.24, 2.45) is 11.0 Å². The number of aromatic hydroxyl groups is 1. The first kappa shape index (κ1) is 47.3. The van der Waals surface area contributed by atoms with E-state index in [2.05, 4.69) is 42.1 Å². The maximum atomic E-state index is 13.8. The summed E-state index contributed by atoms with van der Waals surface area (Å²) in [6.45, 7) is -0.447. The lowest BCUT2D eigenvalue weighted by atomic mass is 10.0. The molecule has 1 saturated heterocycles. The summed E-state index contributed by atoms with van der Waals surface area (Å²) in [5.74, 6) is -4.50. The van der Waals surface area contributed by atoms with E-state index in [0.29, 0.717) is 43.5 Å². The van der Waals surface area contributed by atoms with Gasteiger partial charge in [-0.15, -0.1) is 17.3 Å². The number of nitrogens with two attached hydrogens (primary N) is 1. The lowest BCUT2D eigenvalue weighted by Crippen LogP contribution is -2.60. The number of hydrogen-bond donors (Lipinski definition) is 9. The van der Waals surface area contributed by atoms with Crippen LogP contribution in [0.4, 0.5) is 4.79 Å². The third-order valence-corrected chi connectivity index (χ3v) is 10.1. The summed E-state index contributed by atoms with van der Waals surface area (Å²) in [6, 6.07) is 8.22. The van der Waals surface area contributed by atoms with E-state index in [9.17, 15) is 43.8 Å². The number of carbonyl (C=O) groups excluding carboxylic acids is 7. The molecule has 1 aliphatic heterocycles. The van der Waals surface area contributed by atoms with Crippen molar-refractivity contribution in [3.63, 3.8) is 0 Å². The lowest BCUT2D eigenvalue weighted by molar-refractivity contribution is -0.135. The largest absolute Gasteiger partial charge is 0.508 e. The third-order valence-electron chi connectivity index (χ3n) is 8.94. The van der Waals surface area contributed by atoms with Crippen molar-refractivity contribution >= 4 is 53.2 Å². The number of nitrogens with one attached hydrogen (secondary N) is 6. The highest BCUT2D eigenvalue weighted by Crippen LogP contribution is 2.14. The predicted molar refractivity (Wildman–Crippen MR) is 215 cm³/mol. The van der Waals surface area contributed by atoms with Gasteiger partial charge in [-0.05, 0) is 61.6 Å². The molecule has 0 aliphatic carbocycles. The first-order chi connectivity index (χ1) is 28.3. The molecule has 0 bridgehead atoms. The van der Waals surface area contributed by atoms with Crippen molar-refractivity contribution in [2.45, 2.75) is 68.7 Å². The standard InChI is InChI=1S/C37H51N11O10S/c1-48(37(57)58-20-31(51)24-8-3-2-4-9-24)22-59-21-30(32(38)52)45-36(56)29(19-49)44-35(55)28(18-23-12-14-25(50)15-13-23)43-34(54)27(10-5-6-17-41-47-46-39)42-33(53)26-11-7-16-40-26/h2-4,8-9,12-15,26-30,40-41,49-50H,5-7,10-11,16-22H2,1H3,(H2,38,52)(H,42,53)(H,43,54)(H,44,55)(H,45,56)/t26-,27-,28-,29-,30-/m0/s1. The average molecular weight is 842 g/mol. The Labute approximate surface area is 344 Å². The van der Waals surface area contributed by atoms with Gasteiger partial charge in [-0.1, -0.05) is 42.5 Å². The molecule has 10 N–H and O–H groups in total. The number of rotatable bonds is 25. The van der Waals surface area contributed by atoms with E-state index in [1.165, 1.54) is 31.3 Å². The van der Waals surface area contributed by atoms with Gasteiger partial charge in [0.1, 0.15) is 29.9 Å². The maximum absolute atomic E-state index is 13.8. The molecule has 0 unspecified atom stereocenters. The number of ketones is 1. The Morgan fingerprint density at radius 3 is 2.25 bits per heavy atom. The lowest BCUT2D eigenvalue weighted by Gasteiger charge is -2.26. The van der Waals surface area contributed by atoms with E-state index in [1.54, 1.807) is 30.3 Å². The van der Waals surface area contributed by atoms with Crippen LogP contribution >= 0.6 is 11.8 Å². The summed E-state index contributed by atoms with van der Waals surface area (Å²) in [7, 11) is 1.40. The number of hydrogen-bond acceptors (Lipinski definition) is 13. The van der Waals surface area contributed by atoms with Crippen LogP contribution in [0.5, 0.6) is 5.75 Å². The highest BCUT2D eigenvalue weighted by Gasteiger charge is 2.32. The van der Waals surface area contributed by atoms with Gasteiger partial charge in [-0.3, -0.25) is 34.2 Å². The van der Waals surface area contributed by atoms with Crippen molar-refractivity contribution < 1.29 is 48.5 Å². The van der Waals surface area contributed by atoms with E-state index in [-0.39, 0.29) is 30.2 Å². The minimum Gasteiger partial charge on any atom is -0.508 e. The Kier molecular flexibility index (Phi) is 20.3. The first-order valence-electron chi connectivity index (χ1n) is 18.8. The molecule has 6 amide bonds. The van der Waals surface area contributed by atoms with Gasteiger partial charge in [0.25, 0.3) is 0 Å². The topological polar surface area (TPSA) is 319 Å². The number of thioether (sulfide) groups is 1. The Hall–Kier alpha value is -6.09. The Morgan fingerprint density at radius 1 is 0.949 bits per heavy atom. The van der Waals surface area contributed by atoms with Crippen molar-refractivity contribution in [3.8, 4) is 5.75 Å². The Bertz CT molecular complexity index is 1780. The van der Waals surface area contributed by atoms with Gasteiger partial charge in [0.2, 0.25) is 29.5 Å². The average Bonchev–Trinajstić information content (AvgIpc) is 3.78. The van der Waals surface area contributed by atoms with E-state index in [1.807, 2.05) is 0 Å². The SMILES string of the molecule is CN(CSC[C@H](NC(=O)[C@H](CO)NC(=O)[C@H](Cc1ccc(O)cc1)NC(=O)[C@H](CCCCNN=[N+]=[N-])NC(=O)[C@@H]1CCCN1)C(N)=O)C(=O)OCC(=O)c1ccccc1. The van der Waals surface area contributed by atoms with E-state index < -0.39 is 84.8 Å². The molecule has 3 rings (SSSR count). The maximum Gasteiger partial charge on any atom is 0.410 e. The van der Waals surface area contributed by atoms with Gasteiger partial charge >= 0.3 is 6.09 Å². The first-order valence-corrected chi connectivity index (χ1v) is 19.9. The monoisotopic (exact) mass is 841 g/mol. The smallest absolute Gasteiger partial charge is 0.410 e. The fourth-order valence-electron chi connectivity index (χ4n) is 5.67.